The van der Waals surface area contributed by atoms with E-state index in [2.05, 4.69) is 59.0 Å². The average Bonchev–Trinajstić information content (AvgIpc) is 3.32. The van der Waals surface area contributed by atoms with Gasteiger partial charge in [-0.15, -0.1) is 5.10 Å². The molecule has 3 N–H and O–H groups in total. The van der Waals surface area contributed by atoms with Gasteiger partial charge >= 0.3 is 0 Å². The third kappa shape index (κ3) is 5.57. The Balaban J connectivity index is 1.36. The summed E-state index contributed by atoms with van der Waals surface area (Å²) < 4.78 is 7.72. The van der Waals surface area contributed by atoms with Crippen LogP contribution in [0.15, 0.2) is 85.1 Å². The molecular formula is C25H27N5O. The number of hydrogen-bond donors (Lipinski definition) is 2. The summed E-state index contributed by atoms with van der Waals surface area (Å²) in [5.74, 6) is 0.874. The zero-order chi connectivity index (χ0) is 21.5. The van der Waals surface area contributed by atoms with Gasteiger partial charge in [0.25, 0.3) is 0 Å². The van der Waals surface area contributed by atoms with Crippen molar-refractivity contribution in [3.8, 4) is 11.4 Å². The highest BCUT2D eigenvalue weighted by atomic mass is 16.5. The highest BCUT2D eigenvalue weighted by Crippen LogP contribution is 2.21. The Bertz CT molecular complexity index is 1110. The fourth-order valence-corrected chi connectivity index (χ4v) is 3.33. The summed E-state index contributed by atoms with van der Waals surface area (Å²) in [6.45, 7) is 3.84. The quantitative estimate of drug-likeness (QED) is 0.431. The van der Waals surface area contributed by atoms with Gasteiger partial charge in [0.05, 0.1) is 17.6 Å². The highest BCUT2D eigenvalue weighted by molar-refractivity contribution is 5.35. The van der Waals surface area contributed by atoms with Crippen LogP contribution in [0.4, 0.5) is 0 Å². The number of ether oxygens (including phenoxy) is 1. The first-order chi connectivity index (χ1) is 15.2. The first kappa shape index (κ1) is 20.8. The van der Waals surface area contributed by atoms with Gasteiger partial charge in [-0.1, -0.05) is 59.8 Å². The zero-order valence-corrected chi connectivity index (χ0v) is 17.6. The first-order valence-corrected chi connectivity index (χ1v) is 10.4. The van der Waals surface area contributed by atoms with Gasteiger partial charge in [-0.2, -0.15) is 0 Å². The molecule has 1 aromatic heterocycles. The summed E-state index contributed by atoms with van der Waals surface area (Å²) >= 11 is 0. The molecule has 158 valence electrons. The van der Waals surface area contributed by atoms with Crippen LogP contribution in [0.3, 0.4) is 0 Å². The third-order valence-corrected chi connectivity index (χ3v) is 5.14. The van der Waals surface area contributed by atoms with Gasteiger partial charge in [0.2, 0.25) is 0 Å². The number of nitrogens with two attached hydrogens (primary N) is 1. The average molecular weight is 414 g/mol. The van der Waals surface area contributed by atoms with Crippen molar-refractivity contribution in [2.24, 2.45) is 5.73 Å². The van der Waals surface area contributed by atoms with Crippen LogP contribution in [0.1, 0.15) is 35.3 Å². The molecule has 0 saturated heterocycles. The summed E-state index contributed by atoms with van der Waals surface area (Å²) in [7, 11) is 0. The standard InChI is InChI=1S/C25H27N5O/c1-19(22-10-6-12-25(14-22)31-18-20-7-3-2-4-8-20)27-16-21-9-5-11-24(13-21)30-17-23(15-26)28-29-30/h2-14,17,19,27H,15-16,18,26H2,1H3. The monoisotopic (exact) mass is 413 g/mol. The fourth-order valence-electron chi connectivity index (χ4n) is 3.33. The molecular weight excluding hydrogens is 386 g/mol. The van der Waals surface area contributed by atoms with Crippen molar-refractivity contribution >= 4 is 0 Å². The molecule has 0 saturated carbocycles. The maximum Gasteiger partial charge on any atom is 0.120 e. The topological polar surface area (TPSA) is 78.0 Å². The summed E-state index contributed by atoms with van der Waals surface area (Å²) in [5.41, 5.74) is 10.9. The third-order valence-electron chi connectivity index (χ3n) is 5.14. The fraction of sp³-hybridized carbons (Fsp3) is 0.200. The van der Waals surface area contributed by atoms with Crippen LogP contribution >= 0.6 is 0 Å². The van der Waals surface area contributed by atoms with Crippen molar-refractivity contribution in [1.82, 2.24) is 20.3 Å². The van der Waals surface area contributed by atoms with E-state index < -0.39 is 0 Å². The van der Waals surface area contributed by atoms with Crippen LogP contribution < -0.4 is 15.8 Å². The summed E-state index contributed by atoms with van der Waals surface area (Å²) in [6, 6.07) is 26.9. The Kier molecular flexibility index (Phi) is 6.72. The van der Waals surface area contributed by atoms with Crippen molar-refractivity contribution in [2.45, 2.75) is 32.7 Å². The van der Waals surface area contributed by atoms with E-state index in [1.165, 1.54) is 11.1 Å². The molecule has 0 fully saturated rings. The molecule has 6 heteroatoms. The van der Waals surface area contributed by atoms with E-state index in [9.17, 15) is 0 Å². The van der Waals surface area contributed by atoms with Gasteiger partial charge in [-0.05, 0) is 47.9 Å². The van der Waals surface area contributed by atoms with E-state index in [0.29, 0.717) is 13.2 Å². The Morgan fingerprint density at radius 3 is 2.58 bits per heavy atom. The molecule has 1 unspecified atom stereocenters. The van der Waals surface area contributed by atoms with Crippen molar-refractivity contribution in [2.75, 3.05) is 0 Å². The summed E-state index contributed by atoms with van der Waals surface area (Å²) in [5, 5.41) is 11.8. The summed E-state index contributed by atoms with van der Waals surface area (Å²) in [6.07, 6.45) is 1.86. The minimum atomic E-state index is 0.180. The number of benzene rings is 3. The van der Waals surface area contributed by atoms with Crippen LogP contribution in [0.5, 0.6) is 5.75 Å². The van der Waals surface area contributed by atoms with Crippen LogP contribution in [0.2, 0.25) is 0 Å². The molecule has 4 aromatic rings. The molecule has 0 aliphatic carbocycles. The maximum absolute atomic E-state index is 5.97. The minimum absolute atomic E-state index is 0.180. The van der Waals surface area contributed by atoms with Crippen molar-refractivity contribution < 1.29 is 4.74 Å². The summed E-state index contributed by atoms with van der Waals surface area (Å²) in [4.78, 5) is 0. The van der Waals surface area contributed by atoms with Crippen LogP contribution in [0, 0.1) is 0 Å². The number of nitrogens with zero attached hydrogens (tertiary/aromatic N) is 3. The second kappa shape index (κ2) is 10.0. The van der Waals surface area contributed by atoms with E-state index in [1.54, 1.807) is 4.68 Å². The molecule has 0 bridgehead atoms. The number of hydrogen-bond acceptors (Lipinski definition) is 5. The van der Waals surface area contributed by atoms with Crippen molar-refractivity contribution in [3.63, 3.8) is 0 Å². The largest absolute Gasteiger partial charge is 0.489 e. The molecule has 0 radical (unpaired) electrons. The zero-order valence-electron chi connectivity index (χ0n) is 17.6. The molecule has 0 aliphatic rings. The first-order valence-electron chi connectivity index (χ1n) is 10.4. The molecule has 0 spiro atoms. The van der Waals surface area contributed by atoms with Crippen molar-refractivity contribution in [1.29, 1.82) is 0 Å². The van der Waals surface area contributed by atoms with Gasteiger partial charge < -0.3 is 15.8 Å². The normalized spacial score (nSPS) is 11.9. The van der Waals surface area contributed by atoms with Crippen LogP contribution in [-0.2, 0) is 19.7 Å². The predicted molar refractivity (Wildman–Crippen MR) is 122 cm³/mol. The van der Waals surface area contributed by atoms with Gasteiger partial charge in [0.15, 0.2) is 0 Å². The van der Waals surface area contributed by atoms with Crippen LogP contribution in [0.25, 0.3) is 5.69 Å². The lowest BCUT2D eigenvalue weighted by molar-refractivity contribution is 0.305. The Labute approximate surface area is 182 Å². The van der Waals surface area contributed by atoms with E-state index in [-0.39, 0.29) is 6.04 Å². The minimum Gasteiger partial charge on any atom is -0.489 e. The van der Waals surface area contributed by atoms with E-state index >= 15 is 0 Å². The lowest BCUT2D eigenvalue weighted by Gasteiger charge is -2.16. The van der Waals surface area contributed by atoms with Crippen LogP contribution in [-0.4, -0.2) is 15.0 Å². The molecule has 0 amide bonds. The van der Waals surface area contributed by atoms with E-state index in [0.717, 1.165) is 29.2 Å². The molecule has 4 rings (SSSR count). The Morgan fingerprint density at radius 1 is 0.968 bits per heavy atom. The SMILES string of the molecule is CC(NCc1cccc(-n2cc(CN)nn2)c1)c1cccc(OCc2ccccc2)c1. The smallest absolute Gasteiger partial charge is 0.120 e. The number of nitrogens with one attached hydrogen (secondary N) is 1. The number of rotatable bonds is 9. The molecule has 1 heterocycles. The second-order valence-electron chi connectivity index (χ2n) is 7.48. The molecule has 31 heavy (non-hydrogen) atoms. The molecule has 6 nitrogen and oxygen atoms in total. The lowest BCUT2D eigenvalue weighted by Crippen LogP contribution is -2.18. The lowest BCUT2D eigenvalue weighted by atomic mass is 10.1. The Morgan fingerprint density at radius 2 is 1.77 bits per heavy atom. The van der Waals surface area contributed by atoms with Crippen molar-refractivity contribution in [3.05, 3.63) is 107 Å². The predicted octanol–water partition coefficient (Wildman–Crippen LogP) is 4.16. The molecule has 3 aromatic carbocycles. The second-order valence-corrected chi connectivity index (χ2v) is 7.48. The maximum atomic E-state index is 5.97. The van der Waals surface area contributed by atoms with Gasteiger partial charge in [-0.3, -0.25) is 0 Å². The molecule has 0 aliphatic heterocycles. The van der Waals surface area contributed by atoms with Gasteiger partial charge in [-0.25, -0.2) is 4.68 Å². The van der Waals surface area contributed by atoms with E-state index in [1.807, 2.05) is 48.7 Å². The van der Waals surface area contributed by atoms with Gasteiger partial charge in [0.1, 0.15) is 12.4 Å². The highest BCUT2D eigenvalue weighted by Gasteiger charge is 2.08. The Hall–Kier alpha value is -3.48. The van der Waals surface area contributed by atoms with Gasteiger partial charge in [0, 0.05) is 19.1 Å². The van der Waals surface area contributed by atoms with E-state index in [4.69, 9.17) is 10.5 Å². The molecule has 1 atom stereocenters. The number of aromatic nitrogens is 3.